The number of hydrogen-bond acceptors (Lipinski definition) is 5. The number of furan rings is 1. The van der Waals surface area contributed by atoms with Crippen molar-refractivity contribution in [1.29, 1.82) is 0 Å². The van der Waals surface area contributed by atoms with Crippen LogP contribution in [0.2, 0.25) is 0 Å². The van der Waals surface area contributed by atoms with Crippen LogP contribution in [-0.4, -0.2) is 87.2 Å². The molecule has 2 saturated heterocycles. The maximum absolute atomic E-state index is 12.6. The van der Waals surface area contributed by atoms with Crippen LogP contribution in [0.1, 0.15) is 23.4 Å². The van der Waals surface area contributed by atoms with Crippen molar-refractivity contribution in [3.8, 4) is 0 Å². The summed E-state index contributed by atoms with van der Waals surface area (Å²) in [5.41, 5.74) is 0.0450. The first-order valence-corrected chi connectivity index (χ1v) is 8.86. The molecule has 0 aliphatic carbocycles. The molecule has 3 rings (SSSR count). The van der Waals surface area contributed by atoms with E-state index in [2.05, 4.69) is 23.9 Å². The van der Waals surface area contributed by atoms with Crippen LogP contribution in [0, 0.1) is 5.41 Å². The summed E-state index contributed by atoms with van der Waals surface area (Å²) in [5, 5.41) is 0. The number of rotatable bonds is 4. The Morgan fingerprint density at radius 2 is 2.21 bits per heavy atom. The summed E-state index contributed by atoms with van der Waals surface area (Å²) in [6.45, 7) is 7.15. The van der Waals surface area contributed by atoms with Crippen LogP contribution in [0.25, 0.3) is 0 Å². The summed E-state index contributed by atoms with van der Waals surface area (Å²) in [6.07, 6.45) is 3.70. The highest BCUT2D eigenvalue weighted by molar-refractivity contribution is 5.91. The molecule has 0 aromatic carbocycles. The van der Waals surface area contributed by atoms with Crippen LogP contribution in [0.3, 0.4) is 0 Å². The molecule has 134 valence electrons. The molecule has 0 bridgehead atoms. The molecular weight excluding hydrogens is 306 g/mol. The minimum absolute atomic E-state index is 0.00293. The number of piperidine rings is 1. The van der Waals surface area contributed by atoms with Crippen LogP contribution in [0.5, 0.6) is 0 Å². The summed E-state index contributed by atoms with van der Waals surface area (Å²) in [7, 11) is 4.21. The first-order chi connectivity index (χ1) is 11.6. The Bertz CT molecular complexity index is 532. The second kappa shape index (κ2) is 7.68. The van der Waals surface area contributed by atoms with E-state index >= 15 is 0 Å². The Kier molecular flexibility index (Phi) is 5.58. The van der Waals surface area contributed by atoms with Gasteiger partial charge in [0.1, 0.15) is 0 Å². The zero-order valence-electron chi connectivity index (χ0n) is 14.9. The first-order valence-electron chi connectivity index (χ1n) is 8.86. The first kappa shape index (κ1) is 17.5. The van der Waals surface area contributed by atoms with Gasteiger partial charge in [0.05, 0.1) is 19.5 Å². The van der Waals surface area contributed by atoms with E-state index in [1.54, 1.807) is 18.4 Å². The topological polar surface area (TPSA) is 49.2 Å². The largest absolute Gasteiger partial charge is 0.459 e. The van der Waals surface area contributed by atoms with Gasteiger partial charge in [0.15, 0.2) is 5.76 Å². The predicted octanol–water partition coefficient (Wildman–Crippen LogP) is 1.40. The number of amides is 1. The van der Waals surface area contributed by atoms with E-state index in [-0.39, 0.29) is 11.3 Å². The number of carbonyl (C=O) groups excluding carboxylic acids is 1. The highest BCUT2D eigenvalue weighted by Gasteiger charge is 2.40. The van der Waals surface area contributed by atoms with Crippen molar-refractivity contribution in [2.75, 3.05) is 66.6 Å². The maximum Gasteiger partial charge on any atom is 0.289 e. The predicted molar refractivity (Wildman–Crippen MR) is 92.1 cm³/mol. The quantitative estimate of drug-likeness (QED) is 0.832. The molecule has 1 aromatic rings. The normalized spacial score (nSPS) is 26.0. The molecule has 0 unspecified atom stereocenters. The lowest BCUT2D eigenvalue weighted by molar-refractivity contribution is 0.00598. The molecule has 6 heteroatoms. The van der Waals surface area contributed by atoms with Gasteiger partial charge in [-0.05, 0) is 39.1 Å². The van der Waals surface area contributed by atoms with E-state index in [1.807, 2.05) is 4.90 Å². The molecule has 3 heterocycles. The minimum atomic E-state index is 0.00293. The fourth-order valence-electron chi connectivity index (χ4n) is 3.80. The summed E-state index contributed by atoms with van der Waals surface area (Å²) in [6, 6.07) is 3.52. The highest BCUT2D eigenvalue weighted by atomic mass is 16.5. The van der Waals surface area contributed by atoms with E-state index in [9.17, 15) is 4.79 Å². The van der Waals surface area contributed by atoms with Crippen LogP contribution in [-0.2, 0) is 4.74 Å². The molecule has 2 fully saturated rings. The van der Waals surface area contributed by atoms with Gasteiger partial charge in [0.2, 0.25) is 0 Å². The molecule has 6 nitrogen and oxygen atoms in total. The van der Waals surface area contributed by atoms with Gasteiger partial charge < -0.3 is 19.0 Å². The fraction of sp³-hybridized carbons (Fsp3) is 0.722. The van der Waals surface area contributed by atoms with E-state index in [0.717, 1.165) is 65.3 Å². The van der Waals surface area contributed by atoms with Gasteiger partial charge in [-0.3, -0.25) is 9.69 Å². The molecule has 2 aliphatic rings. The second-order valence-electron chi connectivity index (χ2n) is 7.44. The van der Waals surface area contributed by atoms with Crippen molar-refractivity contribution in [1.82, 2.24) is 14.7 Å². The van der Waals surface area contributed by atoms with Crippen molar-refractivity contribution < 1.29 is 13.9 Å². The van der Waals surface area contributed by atoms with E-state index in [4.69, 9.17) is 9.15 Å². The van der Waals surface area contributed by atoms with Crippen LogP contribution >= 0.6 is 0 Å². The molecule has 1 spiro atoms. The van der Waals surface area contributed by atoms with Gasteiger partial charge in [-0.15, -0.1) is 0 Å². The molecule has 0 N–H and O–H groups in total. The molecule has 0 radical (unpaired) electrons. The lowest BCUT2D eigenvalue weighted by atomic mass is 9.80. The van der Waals surface area contributed by atoms with E-state index < -0.39 is 0 Å². The van der Waals surface area contributed by atoms with Crippen LogP contribution in [0.4, 0.5) is 0 Å². The SMILES string of the molecule is CN(C)CCN1CCOC[C@]2(CCCN(C(=O)c3ccco3)C2)C1. The zero-order valence-corrected chi connectivity index (χ0v) is 14.9. The summed E-state index contributed by atoms with van der Waals surface area (Å²) in [5.74, 6) is 0.439. The van der Waals surface area contributed by atoms with Crippen LogP contribution < -0.4 is 0 Å². The molecule has 1 amide bonds. The van der Waals surface area contributed by atoms with Gasteiger partial charge in [0.25, 0.3) is 5.91 Å². The Hall–Kier alpha value is -1.37. The average Bonchev–Trinajstić information content (AvgIpc) is 3.03. The molecule has 1 aromatic heterocycles. The van der Waals surface area contributed by atoms with Crippen LogP contribution in [0.15, 0.2) is 22.8 Å². The lowest BCUT2D eigenvalue weighted by Crippen LogP contribution is -2.52. The number of carbonyl (C=O) groups is 1. The standard InChI is InChI=1S/C18H29N3O3/c1-19(2)8-9-20-10-12-23-15-18(13-20)6-4-7-21(14-18)17(22)16-5-3-11-24-16/h3,5,11H,4,6-10,12-15H2,1-2H3/t18-/m1/s1. The Labute approximate surface area is 144 Å². The molecular formula is C18H29N3O3. The number of nitrogens with zero attached hydrogens (tertiary/aromatic N) is 3. The number of likely N-dealkylation sites (tertiary alicyclic amines) is 1. The third-order valence-electron chi connectivity index (χ3n) is 5.06. The fourth-order valence-corrected chi connectivity index (χ4v) is 3.80. The second-order valence-corrected chi connectivity index (χ2v) is 7.44. The van der Waals surface area contributed by atoms with Crippen molar-refractivity contribution in [3.63, 3.8) is 0 Å². The molecule has 0 saturated carbocycles. The average molecular weight is 335 g/mol. The maximum atomic E-state index is 12.6. The van der Waals surface area contributed by atoms with Gasteiger partial charge in [-0.2, -0.15) is 0 Å². The van der Waals surface area contributed by atoms with Gasteiger partial charge in [-0.25, -0.2) is 0 Å². The summed E-state index contributed by atoms with van der Waals surface area (Å²) in [4.78, 5) is 19.3. The van der Waals surface area contributed by atoms with Gasteiger partial charge in [0, 0.05) is 44.7 Å². The van der Waals surface area contributed by atoms with Gasteiger partial charge in [-0.1, -0.05) is 0 Å². The molecule has 1 atom stereocenters. The van der Waals surface area contributed by atoms with E-state index in [1.165, 1.54) is 0 Å². The number of hydrogen-bond donors (Lipinski definition) is 0. The lowest BCUT2D eigenvalue weighted by Gasteiger charge is -2.43. The Morgan fingerprint density at radius 3 is 2.96 bits per heavy atom. The Balaban J connectivity index is 1.67. The molecule has 2 aliphatic heterocycles. The third-order valence-corrected chi connectivity index (χ3v) is 5.06. The number of likely N-dealkylation sites (N-methyl/N-ethyl adjacent to an activating group) is 1. The monoisotopic (exact) mass is 335 g/mol. The zero-order chi connectivity index (χ0) is 17.0. The number of ether oxygens (including phenoxy) is 1. The molecule has 24 heavy (non-hydrogen) atoms. The van der Waals surface area contributed by atoms with Crippen molar-refractivity contribution in [2.24, 2.45) is 5.41 Å². The third kappa shape index (κ3) is 4.18. The Morgan fingerprint density at radius 1 is 1.33 bits per heavy atom. The van der Waals surface area contributed by atoms with Crippen molar-refractivity contribution in [2.45, 2.75) is 12.8 Å². The smallest absolute Gasteiger partial charge is 0.289 e. The van der Waals surface area contributed by atoms with Gasteiger partial charge >= 0.3 is 0 Å². The van der Waals surface area contributed by atoms with Crippen molar-refractivity contribution in [3.05, 3.63) is 24.2 Å². The minimum Gasteiger partial charge on any atom is -0.459 e. The highest BCUT2D eigenvalue weighted by Crippen LogP contribution is 2.33. The van der Waals surface area contributed by atoms with Crippen molar-refractivity contribution >= 4 is 5.91 Å². The van der Waals surface area contributed by atoms with E-state index in [0.29, 0.717) is 5.76 Å². The summed E-state index contributed by atoms with van der Waals surface area (Å²) >= 11 is 0. The summed E-state index contributed by atoms with van der Waals surface area (Å²) < 4.78 is 11.2.